The van der Waals surface area contributed by atoms with Crippen molar-refractivity contribution in [2.75, 3.05) is 34.2 Å². The number of nitrogens with zero attached hydrogens (tertiary/aromatic N) is 1. The number of carbonyl (C=O) groups excluding carboxylic acids is 1. The number of halogens is 1. The average Bonchev–Trinajstić information content (AvgIpc) is 3.09. The largest absolute Gasteiger partial charge is 1.00 e. The lowest BCUT2D eigenvalue weighted by Gasteiger charge is -2.61. The Balaban J connectivity index is 0.00000324. The summed E-state index contributed by atoms with van der Waals surface area (Å²) in [4.78, 5) is 12.5. The number of aliphatic hydroxyl groups is 1. The van der Waals surface area contributed by atoms with Gasteiger partial charge >= 0.3 is 0 Å². The van der Waals surface area contributed by atoms with Gasteiger partial charge in [-0.25, -0.2) is 0 Å². The Morgan fingerprint density at radius 1 is 1.00 bits per heavy atom. The molecule has 0 saturated heterocycles. The van der Waals surface area contributed by atoms with Crippen LogP contribution >= 0.6 is 0 Å². The van der Waals surface area contributed by atoms with Gasteiger partial charge in [0.25, 0.3) is 0 Å². The van der Waals surface area contributed by atoms with E-state index in [-0.39, 0.29) is 36.0 Å². The Morgan fingerprint density at radius 2 is 1.68 bits per heavy atom. The number of likely N-dealkylation sites (N-methyl/N-ethyl adjacent to an activating group) is 1. The SMILES string of the molecule is C[C@H](CCC(=O)NCC[N+](C)(C)C)[C@H]1CCC2C3CCC4C[C@H](O)CC[C@]4(C)C3CC[C@@]21C.[I-]. The van der Waals surface area contributed by atoms with E-state index in [1.54, 1.807) is 0 Å². The van der Waals surface area contributed by atoms with Crippen LogP contribution in [-0.2, 0) is 4.79 Å². The smallest absolute Gasteiger partial charge is 0.220 e. The van der Waals surface area contributed by atoms with Gasteiger partial charge in [-0.2, -0.15) is 0 Å². The van der Waals surface area contributed by atoms with E-state index in [4.69, 9.17) is 0 Å². The van der Waals surface area contributed by atoms with E-state index in [0.29, 0.717) is 23.2 Å². The highest BCUT2D eigenvalue weighted by molar-refractivity contribution is 5.75. The second kappa shape index (κ2) is 10.8. The monoisotopic (exact) mass is 588 g/mol. The van der Waals surface area contributed by atoms with Crippen LogP contribution in [0.25, 0.3) is 0 Å². The number of hydrogen-bond donors (Lipinski definition) is 2. The van der Waals surface area contributed by atoms with Crippen LogP contribution in [0.2, 0.25) is 0 Å². The van der Waals surface area contributed by atoms with Gasteiger partial charge in [0.15, 0.2) is 0 Å². The molecule has 4 aliphatic carbocycles. The molecule has 34 heavy (non-hydrogen) atoms. The maximum absolute atomic E-state index is 12.5. The van der Waals surface area contributed by atoms with Crippen LogP contribution in [0.5, 0.6) is 0 Å². The minimum Gasteiger partial charge on any atom is -1.00 e. The third-order valence-corrected chi connectivity index (χ3v) is 11.3. The van der Waals surface area contributed by atoms with Crippen molar-refractivity contribution in [2.45, 2.75) is 97.5 Å². The van der Waals surface area contributed by atoms with Crippen molar-refractivity contribution in [3.63, 3.8) is 0 Å². The second-order valence-electron chi connectivity index (χ2n) is 14.2. The minimum absolute atomic E-state index is 0. The molecule has 9 atom stereocenters. The van der Waals surface area contributed by atoms with E-state index in [1.165, 1.54) is 44.9 Å². The maximum Gasteiger partial charge on any atom is 0.220 e. The summed E-state index contributed by atoms with van der Waals surface area (Å²) in [6, 6.07) is 0. The lowest BCUT2D eigenvalue weighted by molar-refractivity contribution is -0.869. The summed E-state index contributed by atoms with van der Waals surface area (Å²) in [6.45, 7) is 9.41. The molecule has 0 aromatic rings. The van der Waals surface area contributed by atoms with E-state index < -0.39 is 0 Å². The fraction of sp³-hybridized carbons (Fsp3) is 0.966. The number of carbonyl (C=O) groups is 1. The van der Waals surface area contributed by atoms with Crippen LogP contribution in [0.1, 0.15) is 91.4 Å². The first-order valence-electron chi connectivity index (χ1n) is 14.2. The molecule has 0 aromatic carbocycles. The number of nitrogens with one attached hydrogen (secondary N) is 1. The lowest BCUT2D eigenvalue weighted by atomic mass is 9.44. The predicted molar refractivity (Wildman–Crippen MR) is 136 cm³/mol. The normalized spacial score (nSPS) is 42.6. The molecule has 0 aliphatic heterocycles. The molecule has 0 aromatic heterocycles. The molecule has 4 fully saturated rings. The quantitative estimate of drug-likeness (QED) is 0.354. The Bertz CT molecular complexity index is 709. The fourth-order valence-electron chi connectivity index (χ4n) is 9.39. The molecule has 0 spiro atoms. The number of hydrogen-bond acceptors (Lipinski definition) is 2. The highest BCUT2D eigenvalue weighted by Crippen LogP contribution is 2.68. The molecule has 0 radical (unpaired) electrons. The van der Waals surface area contributed by atoms with Gasteiger partial charge in [0.05, 0.1) is 40.3 Å². The summed E-state index contributed by atoms with van der Waals surface area (Å²) >= 11 is 0. The summed E-state index contributed by atoms with van der Waals surface area (Å²) in [6.07, 6.45) is 13.3. The van der Waals surface area contributed by atoms with Gasteiger partial charge in [0.1, 0.15) is 0 Å². The molecule has 4 nitrogen and oxygen atoms in total. The average molecular weight is 589 g/mol. The number of aliphatic hydroxyl groups excluding tert-OH is 1. The third kappa shape index (κ3) is 5.66. The first-order chi connectivity index (χ1) is 15.4. The van der Waals surface area contributed by atoms with Gasteiger partial charge in [-0.3, -0.25) is 4.79 Å². The fourth-order valence-corrected chi connectivity index (χ4v) is 9.39. The van der Waals surface area contributed by atoms with Gasteiger partial charge < -0.3 is 38.9 Å². The number of amides is 1. The van der Waals surface area contributed by atoms with Crippen LogP contribution in [0.15, 0.2) is 0 Å². The summed E-state index contributed by atoms with van der Waals surface area (Å²) in [5.41, 5.74) is 0.940. The van der Waals surface area contributed by atoms with Crippen molar-refractivity contribution in [3.8, 4) is 0 Å². The van der Waals surface area contributed by atoms with Crippen molar-refractivity contribution in [1.82, 2.24) is 5.32 Å². The molecular weight excluding hydrogens is 535 g/mol. The molecule has 4 rings (SSSR count). The molecule has 2 N–H and O–H groups in total. The van der Waals surface area contributed by atoms with Crippen LogP contribution in [0.4, 0.5) is 0 Å². The Morgan fingerprint density at radius 3 is 2.38 bits per heavy atom. The standard InChI is InChI=1S/C29H52N2O2.HI/c1-20(7-12-27(33)30-17-18-31(4,5)6)24-10-11-25-23-9-8-21-19-22(32)13-15-28(21,2)26(23)14-16-29(24,25)3;/h20-26,32H,7-19H2,1-6H3;1H/t20-,21?,22-,23?,24-,25?,26?,28+,29-;/m1./s1. The predicted octanol–water partition coefficient (Wildman–Crippen LogP) is 2.25. The van der Waals surface area contributed by atoms with Crippen LogP contribution in [-0.4, -0.2) is 55.8 Å². The first kappa shape index (κ1) is 28.7. The molecule has 198 valence electrons. The Hall–Kier alpha value is 0.120. The van der Waals surface area contributed by atoms with E-state index >= 15 is 0 Å². The van der Waals surface area contributed by atoms with E-state index in [0.717, 1.165) is 66.4 Å². The van der Waals surface area contributed by atoms with Gasteiger partial charge in [-0.05, 0) is 111 Å². The highest BCUT2D eigenvalue weighted by atomic mass is 127. The summed E-state index contributed by atoms with van der Waals surface area (Å²) in [5.74, 6) is 5.06. The minimum atomic E-state index is -0.0464. The molecule has 4 saturated carbocycles. The van der Waals surface area contributed by atoms with Gasteiger partial charge in [0, 0.05) is 6.42 Å². The molecule has 1 amide bonds. The van der Waals surface area contributed by atoms with E-state index in [9.17, 15) is 9.90 Å². The first-order valence-corrected chi connectivity index (χ1v) is 14.2. The van der Waals surface area contributed by atoms with Crippen molar-refractivity contribution < 1.29 is 38.4 Å². The zero-order valence-electron chi connectivity index (χ0n) is 22.9. The maximum atomic E-state index is 12.5. The molecule has 4 unspecified atom stereocenters. The summed E-state index contributed by atoms with van der Waals surface area (Å²) in [7, 11) is 6.51. The Kier molecular flexibility index (Phi) is 9.15. The Labute approximate surface area is 227 Å². The number of fused-ring (bicyclic) bond motifs is 5. The highest BCUT2D eigenvalue weighted by Gasteiger charge is 2.60. The molecule has 5 heteroatoms. The lowest BCUT2D eigenvalue weighted by Crippen LogP contribution is -3.00. The summed E-state index contributed by atoms with van der Waals surface area (Å²) in [5, 5.41) is 13.4. The third-order valence-electron chi connectivity index (χ3n) is 11.3. The van der Waals surface area contributed by atoms with Crippen molar-refractivity contribution >= 4 is 5.91 Å². The zero-order valence-corrected chi connectivity index (χ0v) is 25.1. The summed E-state index contributed by atoms with van der Waals surface area (Å²) < 4.78 is 0.890. The van der Waals surface area contributed by atoms with Crippen molar-refractivity contribution in [2.24, 2.45) is 46.3 Å². The van der Waals surface area contributed by atoms with Gasteiger partial charge in [-0.1, -0.05) is 20.8 Å². The number of quaternary nitrogens is 1. The molecular formula is C29H53IN2O2. The van der Waals surface area contributed by atoms with E-state index in [2.05, 4.69) is 47.2 Å². The van der Waals surface area contributed by atoms with Crippen LogP contribution in [0, 0.1) is 46.3 Å². The molecule has 0 bridgehead atoms. The van der Waals surface area contributed by atoms with Crippen LogP contribution in [0.3, 0.4) is 0 Å². The van der Waals surface area contributed by atoms with Crippen LogP contribution < -0.4 is 29.3 Å². The van der Waals surface area contributed by atoms with E-state index in [1.807, 2.05) is 0 Å². The second-order valence-corrected chi connectivity index (χ2v) is 14.2. The van der Waals surface area contributed by atoms with Gasteiger partial charge in [0.2, 0.25) is 5.91 Å². The van der Waals surface area contributed by atoms with Gasteiger partial charge in [-0.15, -0.1) is 0 Å². The van der Waals surface area contributed by atoms with Crippen molar-refractivity contribution in [3.05, 3.63) is 0 Å². The van der Waals surface area contributed by atoms with Crippen molar-refractivity contribution in [1.29, 1.82) is 0 Å². The molecule has 0 heterocycles. The zero-order chi connectivity index (χ0) is 24.0. The number of rotatable bonds is 7. The molecule has 4 aliphatic rings. The topological polar surface area (TPSA) is 49.3 Å².